The second-order valence-corrected chi connectivity index (χ2v) is 5.96. The molecule has 2 aromatic heterocycles. The van der Waals surface area contributed by atoms with Crippen LogP contribution in [0.3, 0.4) is 0 Å². The molecule has 0 saturated heterocycles. The van der Waals surface area contributed by atoms with Crippen molar-refractivity contribution in [1.29, 1.82) is 0 Å². The van der Waals surface area contributed by atoms with Crippen molar-refractivity contribution in [2.75, 3.05) is 18.5 Å². The molecular weight excluding hydrogens is 311 g/mol. The van der Waals surface area contributed by atoms with Crippen molar-refractivity contribution in [3.05, 3.63) is 17.5 Å². The monoisotopic (exact) mass is 329 g/mol. The smallest absolute Gasteiger partial charge is 0.267 e. The van der Waals surface area contributed by atoms with Crippen LogP contribution in [0.2, 0.25) is 0 Å². The second-order valence-electron chi connectivity index (χ2n) is 5.96. The highest BCUT2D eigenvalue weighted by Gasteiger charge is 2.30. The molecule has 126 valence electrons. The molecule has 0 atom stereocenters. The van der Waals surface area contributed by atoms with Gasteiger partial charge in [-0.05, 0) is 29.2 Å². The summed E-state index contributed by atoms with van der Waals surface area (Å²) in [5.41, 5.74) is 0.104. The number of nitrogens with zero attached hydrogens (tertiary/aromatic N) is 7. The molecular formula is C13H18F3N7. The summed E-state index contributed by atoms with van der Waals surface area (Å²) in [6.45, 7) is 0.689. The summed E-state index contributed by atoms with van der Waals surface area (Å²) in [6.07, 6.45) is -0.938. The van der Waals surface area contributed by atoms with Gasteiger partial charge in [0.2, 0.25) is 5.95 Å². The average molecular weight is 329 g/mol. The molecule has 10 heteroatoms. The Balaban J connectivity index is 1.73. The highest BCUT2D eigenvalue weighted by atomic mass is 19.3. The van der Waals surface area contributed by atoms with E-state index in [0.29, 0.717) is 25.3 Å². The number of aryl methyl sites for hydroxylation is 1. The Morgan fingerprint density at radius 3 is 2.78 bits per heavy atom. The lowest BCUT2D eigenvalue weighted by atomic mass is 9.83. The van der Waals surface area contributed by atoms with Gasteiger partial charge in [-0.1, -0.05) is 5.10 Å². The van der Waals surface area contributed by atoms with Crippen LogP contribution >= 0.6 is 0 Å². The first-order valence-electron chi connectivity index (χ1n) is 7.36. The largest absolute Gasteiger partial charge is 0.342 e. The normalized spacial score (nSPS) is 20.8. The van der Waals surface area contributed by atoms with Gasteiger partial charge in [0.15, 0.2) is 0 Å². The van der Waals surface area contributed by atoms with Crippen molar-refractivity contribution in [2.45, 2.75) is 32.0 Å². The van der Waals surface area contributed by atoms with Gasteiger partial charge < -0.3 is 4.90 Å². The van der Waals surface area contributed by atoms with Crippen LogP contribution in [0.5, 0.6) is 0 Å². The van der Waals surface area contributed by atoms with Gasteiger partial charge in [0.05, 0.1) is 17.8 Å². The Labute approximate surface area is 131 Å². The standard InChI is InChI=1S/C13H18F3N7/c1-21(5-8-3-9(14)4-8)13-17-19-20-23(13)7-11-10(12(15)16)6-22(2)18-11/h6,8-9,12H,3-5,7H2,1-2H3. The van der Waals surface area contributed by atoms with E-state index in [-0.39, 0.29) is 23.7 Å². The summed E-state index contributed by atoms with van der Waals surface area (Å²) < 4.78 is 41.7. The van der Waals surface area contributed by atoms with Gasteiger partial charge in [0, 0.05) is 26.8 Å². The second kappa shape index (κ2) is 6.17. The molecule has 0 radical (unpaired) electrons. The first kappa shape index (κ1) is 15.8. The number of tetrazole rings is 1. The van der Waals surface area contributed by atoms with E-state index in [1.54, 1.807) is 14.1 Å². The third kappa shape index (κ3) is 3.30. The number of alkyl halides is 3. The Kier molecular flexibility index (Phi) is 4.22. The number of halogens is 3. The fourth-order valence-corrected chi connectivity index (χ4v) is 2.85. The van der Waals surface area contributed by atoms with Crippen LogP contribution in [0, 0.1) is 5.92 Å². The van der Waals surface area contributed by atoms with Gasteiger partial charge in [-0.15, -0.1) is 0 Å². The minimum absolute atomic E-state index is 0.0591. The Bertz CT molecular complexity index is 662. The number of aromatic nitrogens is 6. The maximum Gasteiger partial charge on any atom is 0.267 e. The van der Waals surface area contributed by atoms with Crippen molar-refractivity contribution in [3.8, 4) is 0 Å². The molecule has 0 aliphatic heterocycles. The molecule has 0 spiro atoms. The van der Waals surface area contributed by atoms with Gasteiger partial charge in [-0.2, -0.15) is 5.10 Å². The van der Waals surface area contributed by atoms with Crippen molar-refractivity contribution in [2.24, 2.45) is 13.0 Å². The summed E-state index contributed by atoms with van der Waals surface area (Å²) >= 11 is 0. The lowest BCUT2D eigenvalue weighted by Gasteiger charge is -2.33. The van der Waals surface area contributed by atoms with Crippen LogP contribution in [0.4, 0.5) is 19.1 Å². The Morgan fingerprint density at radius 2 is 2.13 bits per heavy atom. The van der Waals surface area contributed by atoms with E-state index >= 15 is 0 Å². The minimum Gasteiger partial charge on any atom is -0.342 e. The van der Waals surface area contributed by atoms with Crippen LogP contribution in [0.15, 0.2) is 6.20 Å². The maximum atomic E-state index is 13.0. The summed E-state index contributed by atoms with van der Waals surface area (Å²) in [5, 5.41) is 15.5. The van der Waals surface area contributed by atoms with E-state index < -0.39 is 12.6 Å². The first-order valence-corrected chi connectivity index (χ1v) is 7.36. The van der Waals surface area contributed by atoms with Crippen molar-refractivity contribution >= 4 is 5.95 Å². The molecule has 0 bridgehead atoms. The van der Waals surface area contributed by atoms with Gasteiger partial charge in [0.1, 0.15) is 6.17 Å². The molecule has 0 N–H and O–H groups in total. The SMILES string of the molecule is CN(CC1CC(F)C1)c1nnnn1Cc1nn(C)cc1C(F)F. The fraction of sp³-hybridized carbons (Fsp3) is 0.692. The Hall–Kier alpha value is -2.13. The van der Waals surface area contributed by atoms with E-state index in [2.05, 4.69) is 20.6 Å². The molecule has 1 saturated carbocycles. The van der Waals surface area contributed by atoms with Crippen molar-refractivity contribution < 1.29 is 13.2 Å². The zero-order valence-electron chi connectivity index (χ0n) is 12.9. The third-order valence-electron chi connectivity index (χ3n) is 4.04. The molecule has 1 aliphatic rings. The maximum absolute atomic E-state index is 13.0. The van der Waals surface area contributed by atoms with E-state index in [1.165, 1.54) is 15.6 Å². The molecule has 0 aromatic carbocycles. The zero-order valence-corrected chi connectivity index (χ0v) is 12.9. The topological polar surface area (TPSA) is 64.7 Å². The lowest BCUT2D eigenvalue weighted by molar-refractivity contribution is 0.135. The number of rotatable bonds is 6. The molecule has 3 rings (SSSR count). The van der Waals surface area contributed by atoms with Crippen molar-refractivity contribution in [3.63, 3.8) is 0 Å². The molecule has 0 amide bonds. The van der Waals surface area contributed by atoms with Gasteiger partial charge in [-0.25, -0.2) is 17.9 Å². The predicted octanol–water partition coefficient (Wildman–Crippen LogP) is 1.58. The van der Waals surface area contributed by atoms with Gasteiger partial charge in [0.25, 0.3) is 6.43 Å². The summed E-state index contributed by atoms with van der Waals surface area (Å²) in [5.74, 6) is 0.727. The van der Waals surface area contributed by atoms with Crippen molar-refractivity contribution in [1.82, 2.24) is 30.0 Å². The van der Waals surface area contributed by atoms with Crippen LogP contribution in [0.1, 0.15) is 30.5 Å². The molecule has 2 aromatic rings. The number of hydrogen-bond donors (Lipinski definition) is 0. The molecule has 2 heterocycles. The van der Waals surface area contributed by atoms with Crippen LogP contribution in [-0.4, -0.2) is 49.8 Å². The highest BCUT2D eigenvalue weighted by Crippen LogP contribution is 2.31. The van der Waals surface area contributed by atoms with Crippen LogP contribution in [-0.2, 0) is 13.6 Å². The average Bonchev–Trinajstić information content (AvgIpc) is 3.04. The number of anilines is 1. The van der Waals surface area contributed by atoms with E-state index in [1.807, 2.05) is 4.90 Å². The Morgan fingerprint density at radius 1 is 1.39 bits per heavy atom. The van der Waals surface area contributed by atoms with E-state index in [0.717, 1.165) is 0 Å². The quantitative estimate of drug-likeness (QED) is 0.805. The summed E-state index contributed by atoms with van der Waals surface area (Å²) in [4.78, 5) is 1.82. The third-order valence-corrected chi connectivity index (χ3v) is 4.04. The first-order chi connectivity index (χ1) is 10.9. The number of hydrogen-bond acceptors (Lipinski definition) is 5. The molecule has 7 nitrogen and oxygen atoms in total. The van der Waals surface area contributed by atoms with E-state index in [4.69, 9.17) is 0 Å². The van der Waals surface area contributed by atoms with E-state index in [9.17, 15) is 13.2 Å². The van der Waals surface area contributed by atoms with Crippen LogP contribution in [0.25, 0.3) is 0 Å². The summed E-state index contributed by atoms with van der Waals surface area (Å²) in [6, 6.07) is 0. The molecule has 1 fully saturated rings. The predicted molar refractivity (Wildman–Crippen MR) is 76.0 cm³/mol. The van der Waals surface area contributed by atoms with Gasteiger partial charge in [-0.3, -0.25) is 4.68 Å². The summed E-state index contributed by atoms with van der Waals surface area (Å²) in [7, 11) is 3.40. The van der Waals surface area contributed by atoms with Gasteiger partial charge >= 0.3 is 0 Å². The molecule has 0 unspecified atom stereocenters. The zero-order chi connectivity index (χ0) is 16.6. The molecule has 23 heavy (non-hydrogen) atoms. The molecule has 1 aliphatic carbocycles. The lowest BCUT2D eigenvalue weighted by Crippen LogP contribution is -2.36. The fourth-order valence-electron chi connectivity index (χ4n) is 2.85. The van der Waals surface area contributed by atoms with Crippen LogP contribution < -0.4 is 4.90 Å². The minimum atomic E-state index is -2.60. The highest BCUT2D eigenvalue weighted by molar-refractivity contribution is 5.28.